The molecular weight excluding hydrogens is 745 g/mol. The molecule has 0 N–H and O–H groups in total. The predicted octanol–water partition coefficient (Wildman–Crippen LogP) is 17.6. The molecule has 0 aliphatic rings. The van der Waals surface area contributed by atoms with Gasteiger partial charge in [0.1, 0.15) is 0 Å². The normalized spacial score (nSPS) is 11.9. The Morgan fingerprint density at radius 2 is 0.419 bits per heavy atom. The topological polar surface area (TPSA) is 0 Å². The Hall–Kier alpha value is -8.06. The van der Waals surface area contributed by atoms with Gasteiger partial charge in [0.15, 0.2) is 0 Å². The molecular formula is C62H38. The maximum absolute atomic E-state index is 2.47. The van der Waals surface area contributed by atoms with Crippen LogP contribution in [0.5, 0.6) is 0 Å². The Balaban J connectivity index is 1.16. The van der Waals surface area contributed by atoms with E-state index in [1.54, 1.807) is 0 Å². The van der Waals surface area contributed by atoms with Crippen LogP contribution in [0.25, 0.3) is 131 Å². The van der Waals surface area contributed by atoms with Gasteiger partial charge in [-0.05, 0) is 167 Å². The minimum absolute atomic E-state index is 1.21. The summed E-state index contributed by atoms with van der Waals surface area (Å²) in [5, 5.41) is 20.1. The first-order chi connectivity index (χ1) is 30.7. The Labute approximate surface area is 359 Å². The van der Waals surface area contributed by atoms with Crippen LogP contribution in [-0.4, -0.2) is 0 Å². The average Bonchev–Trinajstić information content (AvgIpc) is 3.34. The van der Waals surface area contributed by atoms with E-state index in [0.717, 1.165) is 0 Å². The smallest absolute Gasteiger partial charge is 0.00259 e. The lowest BCUT2D eigenvalue weighted by atomic mass is 9.82. The fourth-order valence-electron chi connectivity index (χ4n) is 10.4. The van der Waals surface area contributed by atoms with Crippen LogP contribution in [0.15, 0.2) is 231 Å². The minimum atomic E-state index is 1.21. The van der Waals surface area contributed by atoms with Crippen LogP contribution in [-0.2, 0) is 0 Å². The number of hydrogen-bond donors (Lipinski definition) is 0. The van der Waals surface area contributed by atoms with Crippen molar-refractivity contribution in [3.63, 3.8) is 0 Å². The summed E-state index contributed by atoms with van der Waals surface area (Å²) in [6.45, 7) is 0. The van der Waals surface area contributed by atoms with Gasteiger partial charge in [-0.2, -0.15) is 0 Å². The van der Waals surface area contributed by atoms with Gasteiger partial charge in [0.25, 0.3) is 0 Å². The largest absolute Gasteiger partial charge is 0.0616 e. The van der Waals surface area contributed by atoms with Crippen LogP contribution in [0.4, 0.5) is 0 Å². The van der Waals surface area contributed by atoms with E-state index < -0.39 is 0 Å². The second kappa shape index (κ2) is 13.7. The molecule has 0 saturated carbocycles. The van der Waals surface area contributed by atoms with Gasteiger partial charge in [-0.1, -0.05) is 194 Å². The summed E-state index contributed by atoms with van der Waals surface area (Å²) in [6, 6.07) is 86.1. The van der Waals surface area contributed by atoms with E-state index in [2.05, 4.69) is 231 Å². The second-order valence-corrected chi connectivity index (χ2v) is 16.8. The molecule has 0 aliphatic carbocycles. The summed E-state index contributed by atoms with van der Waals surface area (Å²) in [5.74, 6) is 0. The van der Waals surface area contributed by atoms with Gasteiger partial charge in [-0.25, -0.2) is 0 Å². The predicted molar refractivity (Wildman–Crippen MR) is 268 cm³/mol. The van der Waals surface area contributed by atoms with Gasteiger partial charge in [-0.15, -0.1) is 0 Å². The first-order valence-corrected chi connectivity index (χ1v) is 21.6. The van der Waals surface area contributed by atoms with Gasteiger partial charge in [0.2, 0.25) is 0 Å². The van der Waals surface area contributed by atoms with Crippen LogP contribution >= 0.6 is 0 Å². The lowest BCUT2D eigenvalue weighted by Crippen LogP contribution is -1.93. The van der Waals surface area contributed by atoms with Crippen molar-refractivity contribution >= 4 is 86.2 Å². The number of fused-ring (bicyclic) bond motifs is 11. The van der Waals surface area contributed by atoms with Gasteiger partial charge >= 0.3 is 0 Å². The molecule has 13 aromatic rings. The second-order valence-electron chi connectivity index (χ2n) is 16.8. The SMILES string of the molecule is c1ccc2cc(-c3ccc4c(-c5ccc6c7ccccc7c7ccccc7c6c5)c5cc(-c6ccc7ccccc7c6)ccc5c(-c5ccc6ccccc6c5)c4c3)ccc2c1. The van der Waals surface area contributed by atoms with Crippen LogP contribution in [0.3, 0.4) is 0 Å². The fraction of sp³-hybridized carbons (Fsp3) is 0. The summed E-state index contributed by atoms with van der Waals surface area (Å²) in [5.41, 5.74) is 9.79. The molecule has 0 aliphatic heterocycles. The van der Waals surface area contributed by atoms with E-state index in [0.29, 0.717) is 0 Å². The molecule has 0 saturated heterocycles. The van der Waals surface area contributed by atoms with E-state index in [4.69, 9.17) is 0 Å². The molecule has 13 aromatic carbocycles. The molecule has 62 heavy (non-hydrogen) atoms. The molecule has 0 amide bonds. The Kier molecular flexibility index (Phi) is 7.71. The highest BCUT2D eigenvalue weighted by molar-refractivity contribution is 6.28. The van der Waals surface area contributed by atoms with E-state index in [1.807, 2.05) is 0 Å². The quantitative estimate of drug-likeness (QED) is 0.123. The van der Waals surface area contributed by atoms with Gasteiger partial charge in [-0.3, -0.25) is 0 Å². The molecule has 0 atom stereocenters. The van der Waals surface area contributed by atoms with E-state index in [-0.39, 0.29) is 0 Å². The van der Waals surface area contributed by atoms with Crippen LogP contribution in [0, 0.1) is 0 Å². The first-order valence-electron chi connectivity index (χ1n) is 21.6. The van der Waals surface area contributed by atoms with Crippen molar-refractivity contribution in [3.05, 3.63) is 231 Å². The molecule has 0 radical (unpaired) electrons. The molecule has 0 heterocycles. The Morgan fingerprint density at radius 3 is 0.887 bits per heavy atom. The fourth-order valence-corrected chi connectivity index (χ4v) is 10.4. The van der Waals surface area contributed by atoms with Crippen molar-refractivity contribution in [1.82, 2.24) is 0 Å². The maximum atomic E-state index is 2.47. The third kappa shape index (κ3) is 5.47. The van der Waals surface area contributed by atoms with Gasteiger partial charge in [0.05, 0.1) is 0 Å². The van der Waals surface area contributed by atoms with Crippen LogP contribution < -0.4 is 0 Å². The van der Waals surface area contributed by atoms with Crippen LogP contribution in [0.1, 0.15) is 0 Å². The molecule has 0 fully saturated rings. The van der Waals surface area contributed by atoms with Crippen molar-refractivity contribution in [3.8, 4) is 44.5 Å². The van der Waals surface area contributed by atoms with Crippen LogP contribution in [0.2, 0.25) is 0 Å². The van der Waals surface area contributed by atoms with E-state index in [9.17, 15) is 0 Å². The summed E-state index contributed by atoms with van der Waals surface area (Å²) < 4.78 is 0. The molecule has 0 bridgehead atoms. The summed E-state index contributed by atoms with van der Waals surface area (Å²) in [4.78, 5) is 0. The summed E-state index contributed by atoms with van der Waals surface area (Å²) in [7, 11) is 0. The lowest BCUT2D eigenvalue weighted by molar-refractivity contribution is 1.65. The van der Waals surface area contributed by atoms with Crippen molar-refractivity contribution in [2.24, 2.45) is 0 Å². The van der Waals surface area contributed by atoms with Crippen molar-refractivity contribution in [2.45, 2.75) is 0 Å². The lowest BCUT2D eigenvalue weighted by Gasteiger charge is -2.21. The summed E-state index contributed by atoms with van der Waals surface area (Å²) in [6.07, 6.45) is 0. The standard InChI is InChI=1S/C62H38/c1-4-14-42-33-45(24-21-39(42)11-1)47-28-32-57-59(36-47)61(49-26-23-41-13-3-6-16-44(41)35-49)56-31-27-48(46-25-22-40-12-2-5-15-43(40)34-46)37-60(56)62(57)50-29-30-55-53-19-8-7-17-51(53)52-18-9-10-20-54(52)58(55)38-50/h1-38H. The van der Waals surface area contributed by atoms with Crippen molar-refractivity contribution in [2.75, 3.05) is 0 Å². The molecule has 0 nitrogen and oxygen atoms in total. The van der Waals surface area contributed by atoms with Gasteiger partial charge < -0.3 is 0 Å². The highest BCUT2D eigenvalue weighted by Gasteiger charge is 2.20. The zero-order chi connectivity index (χ0) is 40.7. The number of hydrogen-bond acceptors (Lipinski definition) is 0. The van der Waals surface area contributed by atoms with E-state index >= 15 is 0 Å². The zero-order valence-corrected chi connectivity index (χ0v) is 33.9. The van der Waals surface area contributed by atoms with Gasteiger partial charge in [0, 0.05) is 0 Å². The molecule has 13 rings (SSSR count). The minimum Gasteiger partial charge on any atom is -0.0616 e. The zero-order valence-electron chi connectivity index (χ0n) is 33.9. The molecule has 0 heteroatoms. The van der Waals surface area contributed by atoms with Crippen molar-refractivity contribution in [1.29, 1.82) is 0 Å². The maximum Gasteiger partial charge on any atom is -0.00259 e. The third-order valence-corrected chi connectivity index (χ3v) is 13.4. The highest BCUT2D eigenvalue weighted by Crippen LogP contribution is 2.48. The summed E-state index contributed by atoms with van der Waals surface area (Å²) >= 11 is 0. The third-order valence-electron chi connectivity index (χ3n) is 13.4. The Morgan fingerprint density at radius 1 is 0.145 bits per heavy atom. The number of benzene rings is 13. The highest BCUT2D eigenvalue weighted by atomic mass is 14.2. The Bertz CT molecular complexity index is 3950. The molecule has 0 aromatic heterocycles. The average molecular weight is 783 g/mol. The van der Waals surface area contributed by atoms with Crippen molar-refractivity contribution < 1.29 is 0 Å². The molecule has 0 unspecified atom stereocenters. The number of rotatable bonds is 4. The molecule has 286 valence electrons. The monoisotopic (exact) mass is 782 g/mol. The molecule has 0 spiro atoms. The van der Waals surface area contributed by atoms with E-state index in [1.165, 1.54) is 131 Å². The first kappa shape index (κ1) is 34.8.